The van der Waals surface area contributed by atoms with E-state index in [0.29, 0.717) is 76.2 Å². The normalized spacial score (nSPS) is 16.2. The minimum Gasteiger partial charge on any atom is -0.378 e. The molecule has 3 N–H and O–H groups in total. The smallest absolute Gasteiger partial charge is 0.378 e. The molecule has 0 bridgehead atoms. The fourth-order valence-corrected chi connectivity index (χ4v) is 5.48. The number of piperazine rings is 1. The lowest BCUT2D eigenvalue weighted by Gasteiger charge is -2.36. The van der Waals surface area contributed by atoms with Crippen LogP contribution in [0.4, 0.5) is 30.5 Å². The van der Waals surface area contributed by atoms with Crippen molar-refractivity contribution in [1.82, 2.24) is 24.1 Å². The van der Waals surface area contributed by atoms with E-state index in [1.165, 1.54) is 0 Å². The zero-order valence-electron chi connectivity index (χ0n) is 23.4. The average molecular weight is 626 g/mol. The summed E-state index contributed by atoms with van der Waals surface area (Å²) in [6.07, 6.45) is -4.24. The number of nitrogens with two attached hydrogens (primary N) is 1. The van der Waals surface area contributed by atoms with E-state index in [4.69, 9.17) is 22.1 Å². The van der Waals surface area contributed by atoms with Crippen LogP contribution in [0.25, 0.3) is 5.78 Å². The third kappa shape index (κ3) is 6.26. The van der Waals surface area contributed by atoms with E-state index in [1.54, 1.807) is 9.47 Å². The Kier molecular flexibility index (Phi) is 8.80. The van der Waals surface area contributed by atoms with E-state index in [1.807, 2.05) is 16.7 Å². The molecule has 5 rings (SSSR count). The monoisotopic (exact) mass is 625 g/mol. The van der Waals surface area contributed by atoms with Gasteiger partial charge in [-0.05, 0) is 24.6 Å². The molecule has 0 spiro atoms. The van der Waals surface area contributed by atoms with Gasteiger partial charge in [-0.25, -0.2) is 0 Å². The van der Waals surface area contributed by atoms with Gasteiger partial charge in [-0.3, -0.25) is 14.4 Å². The lowest BCUT2D eigenvalue weighted by molar-refractivity contribution is -0.137. The van der Waals surface area contributed by atoms with Gasteiger partial charge in [-0.1, -0.05) is 18.5 Å². The van der Waals surface area contributed by atoms with Gasteiger partial charge in [0, 0.05) is 39.3 Å². The van der Waals surface area contributed by atoms with Crippen LogP contribution in [0.3, 0.4) is 0 Å². The first-order chi connectivity index (χ1) is 20.5. The maximum atomic E-state index is 13.9. The van der Waals surface area contributed by atoms with Crippen LogP contribution in [0.1, 0.15) is 18.2 Å². The van der Waals surface area contributed by atoms with Crippen molar-refractivity contribution in [2.75, 3.05) is 74.1 Å². The maximum Gasteiger partial charge on any atom is 0.416 e. The second kappa shape index (κ2) is 12.4. The summed E-state index contributed by atoms with van der Waals surface area (Å²) in [6.45, 7) is 4.80. The van der Waals surface area contributed by atoms with Crippen LogP contribution in [-0.4, -0.2) is 94.9 Å². The molecule has 17 heteroatoms. The summed E-state index contributed by atoms with van der Waals surface area (Å²) in [6, 6.07) is 2.66. The number of rotatable bonds is 7. The van der Waals surface area contributed by atoms with Gasteiger partial charge in [0.25, 0.3) is 5.56 Å². The van der Waals surface area contributed by atoms with Crippen LogP contribution < -0.4 is 26.4 Å². The molecule has 2 saturated heterocycles. The molecule has 4 heterocycles. The molecule has 2 aromatic heterocycles. The Morgan fingerprint density at radius 1 is 1.09 bits per heavy atom. The van der Waals surface area contributed by atoms with Crippen molar-refractivity contribution in [1.29, 1.82) is 0 Å². The van der Waals surface area contributed by atoms with Crippen molar-refractivity contribution in [2.24, 2.45) is 5.73 Å². The van der Waals surface area contributed by atoms with Gasteiger partial charge in [-0.15, -0.1) is 5.10 Å². The first kappa shape index (κ1) is 30.6. The van der Waals surface area contributed by atoms with Crippen molar-refractivity contribution in [3.63, 3.8) is 0 Å². The molecular formula is C26H31ClF3N9O4. The minimum atomic E-state index is -4.59. The third-order valence-electron chi connectivity index (χ3n) is 7.44. The summed E-state index contributed by atoms with van der Waals surface area (Å²) in [7, 11) is 0. The number of aromatic nitrogens is 4. The SMILES string of the molecule is CCc1c(N2CCN(C(=O)CN)CC2)c(=O)n2nc(N3CCOCC3)nc2n1CC(=O)Nc1ccc(C(F)(F)F)cc1Cl. The number of carbonyl (C=O) groups is 2. The van der Waals surface area contributed by atoms with E-state index < -0.39 is 23.2 Å². The second-order valence-electron chi connectivity index (χ2n) is 10.1. The van der Waals surface area contributed by atoms with Gasteiger partial charge in [0.15, 0.2) is 0 Å². The quantitative estimate of drug-likeness (QED) is 0.396. The summed E-state index contributed by atoms with van der Waals surface area (Å²) in [5.41, 5.74) is 5.01. The molecule has 0 saturated carbocycles. The van der Waals surface area contributed by atoms with Crippen molar-refractivity contribution in [3.05, 3.63) is 44.8 Å². The second-order valence-corrected chi connectivity index (χ2v) is 10.5. The number of alkyl halides is 3. The molecule has 2 aliphatic heterocycles. The lowest BCUT2D eigenvalue weighted by atomic mass is 10.2. The summed E-state index contributed by atoms with van der Waals surface area (Å²) in [5, 5.41) is 6.80. The molecule has 2 aliphatic rings. The predicted octanol–water partition coefficient (Wildman–Crippen LogP) is 1.21. The standard InChI is InChI=1S/C26H31ClF3N9O4/c1-2-19-22(36-7-5-35(6-8-36)21(41)14-31)23(42)39-25(33-24(34-39)37-9-11-43-12-10-37)38(19)15-20(40)32-18-4-3-16(13-17(18)27)26(28,29)30/h3-4,13H,2,5-12,14-15,31H2,1H3,(H,32,40). The summed E-state index contributed by atoms with van der Waals surface area (Å²) in [5.74, 6) is -0.342. The zero-order valence-corrected chi connectivity index (χ0v) is 24.1. The molecule has 0 atom stereocenters. The van der Waals surface area contributed by atoms with Gasteiger partial charge in [0.1, 0.15) is 12.2 Å². The van der Waals surface area contributed by atoms with Gasteiger partial charge >= 0.3 is 6.18 Å². The molecule has 232 valence electrons. The number of amides is 2. The Hall–Kier alpha value is -3.89. The Labute approximate surface area is 248 Å². The summed E-state index contributed by atoms with van der Waals surface area (Å²) < 4.78 is 47.4. The average Bonchev–Trinajstić information content (AvgIpc) is 3.45. The Balaban J connectivity index is 1.53. The van der Waals surface area contributed by atoms with Crippen molar-refractivity contribution in [2.45, 2.75) is 26.1 Å². The summed E-state index contributed by atoms with van der Waals surface area (Å²) >= 11 is 6.07. The van der Waals surface area contributed by atoms with E-state index in [9.17, 15) is 27.6 Å². The number of hydrogen-bond acceptors (Lipinski definition) is 9. The van der Waals surface area contributed by atoms with Crippen molar-refractivity contribution in [3.8, 4) is 0 Å². The number of halogens is 4. The number of anilines is 3. The highest BCUT2D eigenvalue weighted by Gasteiger charge is 2.32. The molecule has 3 aromatic rings. The molecule has 0 aliphatic carbocycles. The van der Waals surface area contributed by atoms with Gasteiger partial charge in [0.2, 0.25) is 23.5 Å². The number of carbonyl (C=O) groups excluding carboxylic acids is 2. The molecule has 43 heavy (non-hydrogen) atoms. The molecule has 2 fully saturated rings. The first-order valence-electron chi connectivity index (χ1n) is 13.8. The van der Waals surface area contributed by atoms with Gasteiger partial charge < -0.3 is 35.1 Å². The molecule has 0 unspecified atom stereocenters. The van der Waals surface area contributed by atoms with E-state index >= 15 is 0 Å². The highest BCUT2D eigenvalue weighted by molar-refractivity contribution is 6.33. The Bertz CT molecular complexity index is 1580. The van der Waals surface area contributed by atoms with Crippen molar-refractivity contribution < 1.29 is 27.5 Å². The highest BCUT2D eigenvalue weighted by Crippen LogP contribution is 2.34. The third-order valence-corrected chi connectivity index (χ3v) is 7.75. The number of hydrogen-bond donors (Lipinski definition) is 2. The van der Waals surface area contributed by atoms with Crippen LogP contribution in [0.2, 0.25) is 5.02 Å². The minimum absolute atomic E-state index is 0.00571. The topological polar surface area (TPSA) is 143 Å². The number of nitrogens with zero attached hydrogens (tertiary/aromatic N) is 7. The highest BCUT2D eigenvalue weighted by atomic mass is 35.5. The zero-order chi connectivity index (χ0) is 30.9. The predicted molar refractivity (Wildman–Crippen MR) is 153 cm³/mol. The molecular weight excluding hydrogens is 595 g/mol. The van der Waals surface area contributed by atoms with E-state index in [0.717, 1.165) is 22.7 Å². The fraction of sp³-hybridized carbons (Fsp3) is 0.500. The van der Waals surface area contributed by atoms with Crippen LogP contribution in [-0.2, 0) is 33.5 Å². The van der Waals surface area contributed by atoms with Gasteiger partial charge in [-0.2, -0.15) is 22.7 Å². The maximum absolute atomic E-state index is 13.9. The Morgan fingerprint density at radius 2 is 1.79 bits per heavy atom. The largest absolute Gasteiger partial charge is 0.416 e. The van der Waals surface area contributed by atoms with Crippen molar-refractivity contribution >= 4 is 46.5 Å². The molecule has 13 nitrogen and oxygen atoms in total. The number of nitrogens with one attached hydrogen (secondary N) is 1. The Morgan fingerprint density at radius 3 is 2.40 bits per heavy atom. The van der Waals surface area contributed by atoms with Crippen LogP contribution >= 0.6 is 11.6 Å². The van der Waals surface area contributed by atoms with Crippen LogP contribution in [0.5, 0.6) is 0 Å². The number of ether oxygens (including phenoxy) is 1. The molecule has 1 aromatic carbocycles. The number of morpholine rings is 1. The van der Waals surface area contributed by atoms with Crippen LogP contribution in [0, 0.1) is 0 Å². The number of fused-ring (bicyclic) bond motifs is 1. The molecule has 2 amide bonds. The summed E-state index contributed by atoms with van der Waals surface area (Å²) in [4.78, 5) is 49.3. The fourth-order valence-electron chi connectivity index (χ4n) is 5.25. The van der Waals surface area contributed by atoms with Gasteiger partial charge in [0.05, 0.1) is 41.7 Å². The van der Waals surface area contributed by atoms with E-state index in [2.05, 4.69) is 15.4 Å². The molecule has 0 radical (unpaired) electrons. The number of benzene rings is 1. The lowest BCUT2D eigenvalue weighted by Crippen LogP contribution is -2.52. The van der Waals surface area contributed by atoms with Crippen LogP contribution in [0.15, 0.2) is 23.0 Å². The first-order valence-corrected chi connectivity index (χ1v) is 14.1. The van der Waals surface area contributed by atoms with E-state index in [-0.39, 0.29) is 35.5 Å².